The molecule has 0 spiro atoms. The van der Waals surface area contributed by atoms with Gasteiger partial charge in [0.15, 0.2) is 0 Å². The van der Waals surface area contributed by atoms with Crippen LogP contribution < -0.4 is 5.56 Å². The summed E-state index contributed by atoms with van der Waals surface area (Å²) in [5, 5.41) is 0. The maximum atomic E-state index is 12.3. The summed E-state index contributed by atoms with van der Waals surface area (Å²) in [7, 11) is 0. The van der Waals surface area contributed by atoms with E-state index >= 15 is 0 Å². The predicted molar refractivity (Wildman–Crippen MR) is 91.9 cm³/mol. The van der Waals surface area contributed by atoms with E-state index in [-0.39, 0.29) is 5.56 Å². The molecule has 0 aliphatic heterocycles. The molecule has 2 aromatic rings. The fourth-order valence-electron chi connectivity index (χ4n) is 2.38. The zero-order chi connectivity index (χ0) is 15.4. The second-order valence-electron chi connectivity index (χ2n) is 5.13. The summed E-state index contributed by atoms with van der Waals surface area (Å²) in [4.78, 5) is 12.3. The Labute approximate surface area is 137 Å². The number of pyridine rings is 1. The van der Waals surface area contributed by atoms with Crippen LogP contribution in [0.3, 0.4) is 0 Å². The summed E-state index contributed by atoms with van der Waals surface area (Å²) in [5.74, 6) is 0. The summed E-state index contributed by atoms with van der Waals surface area (Å²) in [6.45, 7) is 0.533. The second-order valence-corrected chi connectivity index (χ2v) is 5.99. The molecule has 1 aromatic carbocycles. The monoisotopic (exact) mass is 351 g/mol. The summed E-state index contributed by atoms with van der Waals surface area (Å²) in [5.41, 5.74) is 9.12. The topological polar surface area (TPSA) is 22.0 Å². The molecule has 0 radical (unpaired) electrons. The molecule has 0 bridgehead atoms. The van der Waals surface area contributed by atoms with Gasteiger partial charge in [0, 0.05) is 6.20 Å². The Morgan fingerprint density at radius 1 is 1.09 bits per heavy atom. The van der Waals surface area contributed by atoms with Gasteiger partial charge in [0.1, 0.15) is 0 Å². The quantitative estimate of drug-likeness (QED) is 0.763. The predicted octanol–water partition coefficient (Wildman–Crippen LogP) is 4.01. The van der Waals surface area contributed by atoms with Gasteiger partial charge in [-0.25, -0.2) is 0 Å². The zero-order valence-corrected chi connectivity index (χ0v) is 13.5. The van der Waals surface area contributed by atoms with Crippen LogP contribution in [-0.4, -0.2) is 4.57 Å². The third-order valence-electron chi connectivity index (χ3n) is 3.42. The van der Waals surface area contributed by atoms with Crippen LogP contribution in [0, 0.1) is 0 Å². The molecule has 0 unspecified atom stereocenters. The molecule has 22 heavy (non-hydrogen) atoms. The lowest BCUT2D eigenvalue weighted by atomic mass is 10.1. The number of allylic oxidation sites excluding steroid dienone is 4. The number of halogens is 1. The van der Waals surface area contributed by atoms with Gasteiger partial charge in [-0.3, -0.25) is 4.79 Å². The van der Waals surface area contributed by atoms with Crippen molar-refractivity contribution in [3.63, 3.8) is 0 Å². The third kappa shape index (κ3) is 3.47. The van der Waals surface area contributed by atoms with Gasteiger partial charge in [0.05, 0.1) is 11.0 Å². The summed E-state index contributed by atoms with van der Waals surface area (Å²) in [6.07, 6.45) is 8.33. The van der Waals surface area contributed by atoms with E-state index in [0.29, 0.717) is 11.0 Å². The highest BCUT2D eigenvalue weighted by molar-refractivity contribution is 9.10. The highest BCUT2D eigenvalue weighted by Gasteiger charge is 2.07. The molecule has 1 heterocycles. The lowest BCUT2D eigenvalue weighted by molar-refractivity contribution is 0.745. The van der Waals surface area contributed by atoms with Gasteiger partial charge in [-0.05, 0) is 63.3 Å². The van der Waals surface area contributed by atoms with Crippen LogP contribution in [0.25, 0.3) is 0 Å². The van der Waals surface area contributed by atoms with Gasteiger partial charge in [-0.15, -0.1) is 0 Å². The van der Waals surface area contributed by atoms with E-state index in [4.69, 9.17) is 0 Å². The molecule has 1 aliphatic carbocycles. The Kier molecular flexibility index (Phi) is 4.41. The number of aromatic nitrogens is 1. The number of hydrogen-bond acceptors (Lipinski definition) is 1. The first-order valence-electron chi connectivity index (χ1n) is 7.02. The van der Waals surface area contributed by atoms with Crippen molar-refractivity contribution in [1.29, 1.82) is 0 Å². The molecular formula is C19H14BrNO. The van der Waals surface area contributed by atoms with Gasteiger partial charge in [0.25, 0.3) is 5.56 Å². The minimum atomic E-state index is -0.0235. The van der Waals surface area contributed by atoms with E-state index < -0.39 is 0 Å². The molecule has 0 N–H and O–H groups in total. The van der Waals surface area contributed by atoms with Gasteiger partial charge in [0.2, 0.25) is 0 Å². The molecule has 1 aliphatic rings. The fourth-order valence-corrected chi connectivity index (χ4v) is 2.90. The van der Waals surface area contributed by atoms with Crippen molar-refractivity contribution < 1.29 is 0 Å². The minimum absolute atomic E-state index is 0.0235. The third-order valence-corrected chi connectivity index (χ3v) is 3.99. The zero-order valence-electron chi connectivity index (χ0n) is 11.9. The molecule has 108 valence electrons. The van der Waals surface area contributed by atoms with E-state index in [1.807, 2.05) is 48.7 Å². The minimum Gasteiger partial charge on any atom is -0.310 e. The number of benzene rings is 1. The second kappa shape index (κ2) is 6.64. The fraction of sp³-hybridized carbons (Fsp3) is 0.105. The SMILES string of the molecule is O=c1c(Br)cc(Cc2ccccc2)cn1CC1=CC=C=C=C1. The van der Waals surface area contributed by atoms with Crippen LogP contribution in [0.15, 0.2) is 87.1 Å². The van der Waals surface area contributed by atoms with Gasteiger partial charge < -0.3 is 4.57 Å². The average Bonchev–Trinajstić information content (AvgIpc) is 2.54. The Morgan fingerprint density at radius 3 is 2.64 bits per heavy atom. The summed E-state index contributed by atoms with van der Waals surface area (Å²) < 4.78 is 2.32. The van der Waals surface area contributed by atoms with E-state index in [1.54, 1.807) is 4.57 Å². The maximum absolute atomic E-state index is 12.3. The van der Waals surface area contributed by atoms with Crippen LogP contribution in [0.5, 0.6) is 0 Å². The smallest absolute Gasteiger partial charge is 0.265 e. The van der Waals surface area contributed by atoms with E-state index in [2.05, 4.69) is 39.5 Å². The molecule has 3 heteroatoms. The lowest BCUT2D eigenvalue weighted by Gasteiger charge is -2.10. The van der Waals surface area contributed by atoms with Gasteiger partial charge in [-0.2, -0.15) is 0 Å². The first-order chi connectivity index (χ1) is 10.7. The van der Waals surface area contributed by atoms with Crippen molar-refractivity contribution in [3.8, 4) is 0 Å². The molecule has 0 amide bonds. The van der Waals surface area contributed by atoms with Crippen LogP contribution in [0.2, 0.25) is 0 Å². The van der Waals surface area contributed by atoms with Crippen molar-refractivity contribution in [2.75, 3.05) is 0 Å². The standard InChI is InChI=1S/C19H14BrNO/c20-18-12-17(11-15-7-3-1-4-8-15)14-21(19(18)22)13-16-9-5-2-6-10-16/h1,3-5,7-10,12,14H,11,13H2. The highest BCUT2D eigenvalue weighted by atomic mass is 79.9. The molecule has 0 saturated carbocycles. The molecule has 0 atom stereocenters. The van der Waals surface area contributed by atoms with Crippen LogP contribution in [0.4, 0.5) is 0 Å². The van der Waals surface area contributed by atoms with Crippen molar-refractivity contribution in [3.05, 3.63) is 104 Å². The van der Waals surface area contributed by atoms with E-state index in [0.717, 1.165) is 17.6 Å². The molecular weight excluding hydrogens is 338 g/mol. The Balaban J connectivity index is 1.90. The van der Waals surface area contributed by atoms with E-state index in [9.17, 15) is 4.79 Å². The Bertz CT molecular complexity index is 877. The van der Waals surface area contributed by atoms with Crippen LogP contribution >= 0.6 is 15.9 Å². The molecule has 1 aromatic heterocycles. The van der Waals surface area contributed by atoms with Gasteiger partial charge >= 0.3 is 0 Å². The summed E-state index contributed by atoms with van der Waals surface area (Å²) in [6, 6.07) is 12.1. The van der Waals surface area contributed by atoms with Crippen molar-refractivity contribution >= 4 is 15.9 Å². The molecule has 3 rings (SSSR count). The molecule has 0 saturated heterocycles. The Morgan fingerprint density at radius 2 is 1.91 bits per heavy atom. The average molecular weight is 352 g/mol. The normalized spacial score (nSPS) is 12.5. The van der Waals surface area contributed by atoms with Crippen molar-refractivity contribution in [2.45, 2.75) is 13.0 Å². The number of hydrogen-bond donors (Lipinski definition) is 0. The highest BCUT2D eigenvalue weighted by Crippen LogP contribution is 2.13. The van der Waals surface area contributed by atoms with Crippen molar-refractivity contribution in [1.82, 2.24) is 4.57 Å². The molecule has 0 fully saturated rings. The Hall–Kier alpha value is -2.31. The largest absolute Gasteiger partial charge is 0.310 e. The number of rotatable bonds is 4. The van der Waals surface area contributed by atoms with Crippen LogP contribution in [0.1, 0.15) is 11.1 Å². The van der Waals surface area contributed by atoms with Crippen LogP contribution in [-0.2, 0) is 13.0 Å². The maximum Gasteiger partial charge on any atom is 0.265 e. The lowest BCUT2D eigenvalue weighted by Crippen LogP contribution is -2.21. The first kappa shape index (κ1) is 14.6. The number of nitrogens with zero attached hydrogens (tertiary/aromatic N) is 1. The summed E-state index contributed by atoms with van der Waals surface area (Å²) >= 11 is 3.38. The molecule has 2 nitrogen and oxygen atoms in total. The van der Waals surface area contributed by atoms with Crippen molar-refractivity contribution in [2.24, 2.45) is 0 Å². The van der Waals surface area contributed by atoms with Gasteiger partial charge in [-0.1, -0.05) is 41.8 Å². The van der Waals surface area contributed by atoms with E-state index in [1.165, 1.54) is 5.56 Å². The first-order valence-corrected chi connectivity index (χ1v) is 7.81.